The number of rotatable bonds is 2. The summed E-state index contributed by atoms with van der Waals surface area (Å²) in [4.78, 5) is 4.33. The van der Waals surface area contributed by atoms with Gasteiger partial charge < -0.3 is 4.57 Å². The molecule has 1 radical (unpaired) electrons. The molecule has 0 saturated carbocycles. The van der Waals surface area contributed by atoms with E-state index in [0.717, 1.165) is 18.6 Å². The zero-order chi connectivity index (χ0) is 9.26. The van der Waals surface area contributed by atoms with E-state index in [9.17, 15) is 0 Å². The molecule has 0 aliphatic heterocycles. The van der Waals surface area contributed by atoms with Crippen molar-refractivity contribution in [2.24, 2.45) is 0 Å². The van der Waals surface area contributed by atoms with Gasteiger partial charge in [-0.25, -0.2) is 4.98 Å². The van der Waals surface area contributed by atoms with Crippen LogP contribution in [0.1, 0.15) is 18.9 Å². The molecule has 0 saturated heterocycles. The summed E-state index contributed by atoms with van der Waals surface area (Å²) in [6.07, 6.45) is 5.03. The maximum atomic E-state index is 4.33. The van der Waals surface area contributed by atoms with Crippen LogP contribution >= 0.6 is 0 Å². The highest BCUT2D eigenvalue weighted by Crippen LogP contribution is 2.17. The lowest BCUT2D eigenvalue weighted by Crippen LogP contribution is -1.95. The van der Waals surface area contributed by atoms with Crippen molar-refractivity contribution in [3.05, 3.63) is 30.1 Å². The molecule has 0 fully saturated rings. The van der Waals surface area contributed by atoms with E-state index in [4.69, 9.17) is 0 Å². The van der Waals surface area contributed by atoms with E-state index < -0.39 is 0 Å². The third-order valence-electron chi connectivity index (χ3n) is 2.24. The number of aromatic nitrogens is 2. The molecule has 0 unspecified atom stereocenters. The molecule has 2 aromatic rings. The maximum absolute atomic E-state index is 4.33. The summed E-state index contributed by atoms with van der Waals surface area (Å²) in [5.74, 6) is 0. The quantitative estimate of drug-likeness (QED) is 0.682. The van der Waals surface area contributed by atoms with Gasteiger partial charge in [0.25, 0.3) is 0 Å². The first-order valence-electron chi connectivity index (χ1n) is 4.64. The molecule has 2 heteroatoms. The highest BCUT2D eigenvalue weighted by atomic mass is 15.0. The molecule has 2 nitrogen and oxygen atoms in total. The van der Waals surface area contributed by atoms with Crippen molar-refractivity contribution in [2.75, 3.05) is 0 Å². The highest BCUT2D eigenvalue weighted by molar-refractivity contribution is 5.79. The summed E-state index contributed by atoms with van der Waals surface area (Å²) in [7, 11) is 0. The van der Waals surface area contributed by atoms with Crippen molar-refractivity contribution in [1.29, 1.82) is 0 Å². The Kier molecular flexibility index (Phi) is 2.05. The van der Waals surface area contributed by atoms with Crippen LogP contribution in [0.4, 0.5) is 0 Å². The smallest absolute Gasteiger partial charge is 0.140 e. The van der Waals surface area contributed by atoms with Crippen LogP contribution in [0.15, 0.2) is 18.5 Å². The zero-order valence-corrected chi connectivity index (χ0v) is 8.04. The van der Waals surface area contributed by atoms with Crippen LogP contribution < -0.4 is 0 Å². The number of hydrogen-bond acceptors (Lipinski definition) is 1. The largest absolute Gasteiger partial charge is 0.332 e. The van der Waals surface area contributed by atoms with Crippen LogP contribution in [-0.4, -0.2) is 9.55 Å². The standard InChI is InChI=1S/C11H13N2/c1-3-7-13-8-9(2)10-5-4-6-12-11(10)13/h5-6,8H,3,7H2,1-2H3. The van der Waals surface area contributed by atoms with E-state index in [2.05, 4.69) is 35.7 Å². The summed E-state index contributed by atoms with van der Waals surface area (Å²) >= 11 is 0. The molecule has 0 aliphatic carbocycles. The van der Waals surface area contributed by atoms with E-state index in [-0.39, 0.29) is 0 Å². The van der Waals surface area contributed by atoms with Crippen LogP contribution in [0, 0.1) is 13.0 Å². The molecule has 2 aromatic heterocycles. The molecule has 2 heterocycles. The minimum atomic E-state index is 1.04. The van der Waals surface area contributed by atoms with Gasteiger partial charge >= 0.3 is 0 Å². The maximum Gasteiger partial charge on any atom is 0.140 e. The monoisotopic (exact) mass is 173 g/mol. The third-order valence-corrected chi connectivity index (χ3v) is 2.24. The first-order valence-corrected chi connectivity index (χ1v) is 4.64. The number of fused-ring (bicyclic) bond motifs is 1. The minimum absolute atomic E-state index is 1.04. The van der Waals surface area contributed by atoms with Crippen molar-refractivity contribution in [3.63, 3.8) is 0 Å². The molecule has 0 amide bonds. The lowest BCUT2D eigenvalue weighted by molar-refractivity contribution is 0.696. The van der Waals surface area contributed by atoms with Crippen LogP contribution in [0.2, 0.25) is 0 Å². The fourth-order valence-corrected chi connectivity index (χ4v) is 1.65. The number of pyridine rings is 1. The van der Waals surface area contributed by atoms with Crippen molar-refractivity contribution in [1.82, 2.24) is 9.55 Å². The molecule has 0 aliphatic rings. The average molecular weight is 173 g/mol. The average Bonchev–Trinajstić information content (AvgIpc) is 2.46. The van der Waals surface area contributed by atoms with Crippen molar-refractivity contribution >= 4 is 11.0 Å². The van der Waals surface area contributed by atoms with E-state index in [1.54, 1.807) is 6.20 Å². The second-order valence-corrected chi connectivity index (χ2v) is 3.31. The van der Waals surface area contributed by atoms with Crippen molar-refractivity contribution in [2.45, 2.75) is 26.8 Å². The summed E-state index contributed by atoms with van der Waals surface area (Å²) in [6.45, 7) is 5.33. The SMILES string of the molecule is CCCn1cc(C)c2c[c]cnc21. The van der Waals surface area contributed by atoms with Gasteiger partial charge in [0.05, 0.1) is 0 Å². The summed E-state index contributed by atoms with van der Waals surface area (Å²) in [5.41, 5.74) is 2.37. The van der Waals surface area contributed by atoms with Crippen LogP contribution in [0.3, 0.4) is 0 Å². The van der Waals surface area contributed by atoms with Gasteiger partial charge in [-0.1, -0.05) is 6.92 Å². The third kappa shape index (κ3) is 1.32. The molecule has 0 atom stereocenters. The van der Waals surface area contributed by atoms with E-state index in [1.807, 2.05) is 6.07 Å². The van der Waals surface area contributed by atoms with E-state index >= 15 is 0 Å². The first kappa shape index (κ1) is 8.30. The Labute approximate surface area is 78.2 Å². The van der Waals surface area contributed by atoms with Gasteiger partial charge in [0.15, 0.2) is 0 Å². The van der Waals surface area contributed by atoms with Gasteiger partial charge in [0, 0.05) is 30.4 Å². The summed E-state index contributed by atoms with van der Waals surface area (Å²) < 4.78 is 2.21. The number of aryl methyl sites for hydroxylation is 2. The Bertz CT molecular complexity index is 415. The molecule has 67 valence electrons. The predicted octanol–water partition coefficient (Wildman–Crippen LogP) is 2.55. The van der Waals surface area contributed by atoms with Gasteiger partial charge in [0.1, 0.15) is 5.65 Å². The Morgan fingerprint density at radius 3 is 3.15 bits per heavy atom. The summed E-state index contributed by atoms with van der Waals surface area (Å²) in [5, 5.41) is 1.22. The predicted molar refractivity (Wildman–Crippen MR) is 53.6 cm³/mol. The van der Waals surface area contributed by atoms with Crippen LogP contribution in [-0.2, 0) is 6.54 Å². The Morgan fingerprint density at radius 1 is 1.54 bits per heavy atom. The topological polar surface area (TPSA) is 17.8 Å². The summed E-state index contributed by atoms with van der Waals surface area (Å²) in [6, 6.07) is 5.01. The Hall–Kier alpha value is -1.31. The van der Waals surface area contributed by atoms with Gasteiger partial charge in [-0.2, -0.15) is 0 Å². The van der Waals surface area contributed by atoms with Gasteiger partial charge in [-0.05, 0) is 25.0 Å². The van der Waals surface area contributed by atoms with Gasteiger partial charge in [-0.3, -0.25) is 0 Å². The Morgan fingerprint density at radius 2 is 2.38 bits per heavy atom. The van der Waals surface area contributed by atoms with E-state index in [1.165, 1.54) is 10.9 Å². The first-order chi connectivity index (χ1) is 6.33. The fraction of sp³-hybridized carbons (Fsp3) is 0.364. The molecule has 0 N–H and O–H groups in total. The Balaban J connectivity index is 2.63. The zero-order valence-electron chi connectivity index (χ0n) is 8.04. The molecule has 0 aromatic carbocycles. The lowest BCUT2D eigenvalue weighted by atomic mass is 10.2. The highest BCUT2D eigenvalue weighted by Gasteiger charge is 2.03. The van der Waals surface area contributed by atoms with Gasteiger partial charge in [-0.15, -0.1) is 0 Å². The number of hydrogen-bond donors (Lipinski definition) is 0. The van der Waals surface area contributed by atoms with E-state index in [0.29, 0.717) is 0 Å². The molecule has 13 heavy (non-hydrogen) atoms. The molecular weight excluding hydrogens is 160 g/mol. The molecular formula is C11H13N2. The second-order valence-electron chi connectivity index (χ2n) is 3.31. The minimum Gasteiger partial charge on any atom is -0.332 e. The fourth-order valence-electron chi connectivity index (χ4n) is 1.65. The molecule has 0 spiro atoms. The van der Waals surface area contributed by atoms with Crippen LogP contribution in [0.5, 0.6) is 0 Å². The molecule has 0 bridgehead atoms. The molecule has 2 rings (SSSR count). The van der Waals surface area contributed by atoms with Crippen molar-refractivity contribution in [3.8, 4) is 0 Å². The van der Waals surface area contributed by atoms with Gasteiger partial charge in [0.2, 0.25) is 0 Å². The van der Waals surface area contributed by atoms with Crippen molar-refractivity contribution < 1.29 is 0 Å². The normalized spacial score (nSPS) is 10.9. The number of nitrogens with zero attached hydrogens (tertiary/aromatic N) is 2. The lowest BCUT2D eigenvalue weighted by Gasteiger charge is -1.99. The van der Waals surface area contributed by atoms with Crippen LogP contribution in [0.25, 0.3) is 11.0 Å². The second kappa shape index (κ2) is 3.21.